The molecular formula is C14H30N4O. The second-order valence-corrected chi connectivity index (χ2v) is 5.81. The zero-order chi connectivity index (χ0) is 14.5. The third-order valence-corrected chi connectivity index (χ3v) is 4.30. The summed E-state index contributed by atoms with van der Waals surface area (Å²) in [6, 6.07) is 0.556. The zero-order valence-corrected chi connectivity index (χ0v) is 12.9. The first-order valence-corrected chi connectivity index (χ1v) is 7.40. The van der Waals surface area contributed by atoms with Crippen LogP contribution in [0.2, 0.25) is 0 Å². The van der Waals surface area contributed by atoms with Gasteiger partial charge in [0, 0.05) is 12.6 Å². The second-order valence-electron chi connectivity index (χ2n) is 5.81. The highest BCUT2D eigenvalue weighted by Crippen LogP contribution is 2.17. The van der Waals surface area contributed by atoms with Crippen molar-refractivity contribution in [2.45, 2.75) is 45.2 Å². The molecule has 1 aliphatic rings. The van der Waals surface area contributed by atoms with Crippen molar-refractivity contribution in [2.24, 2.45) is 5.73 Å². The summed E-state index contributed by atoms with van der Waals surface area (Å²) in [5, 5.41) is 3.22. The summed E-state index contributed by atoms with van der Waals surface area (Å²) >= 11 is 0. The smallest absolute Gasteiger partial charge is 0.238 e. The number of carbonyl (C=O) groups is 1. The maximum atomic E-state index is 11.7. The number of nitrogens with one attached hydrogen (secondary N) is 1. The number of carbonyl (C=O) groups excluding carboxylic acids is 1. The van der Waals surface area contributed by atoms with E-state index in [1.165, 1.54) is 12.8 Å². The summed E-state index contributed by atoms with van der Waals surface area (Å²) < 4.78 is 0. The van der Waals surface area contributed by atoms with Gasteiger partial charge >= 0.3 is 0 Å². The number of hydrogen-bond donors (Lipinski definition) is 2. The van der Waals surface area contributed by atoms with Gasteiger partial charge in [0.15, 0.2) is 0 Å². The summed E-state index contributed by atoms with van der Waals surface area (Å²) in [7, 11) is 2.10. The molecule has 112 valence electrons. The third kappa shape index (κ3) is 4.44. The van der Waals surface area contributed by atoms with Crippen molar-refractivity contribution in [3.8, 4) is 0 Å². The molecule has 1 aliphatic heterocycles. The molecule has 0 aromatic carbocycles. The van der Waals surface area contributed by atoms with Crippen LogP contribution in [-0.2, 0) is 4.79 Å². The lowest BCUT2D eigenvalue weighted by Gasteiger charge is -2.40. The van der Waals surface area contributed by atoms with Gasteiger partial charge in [0.1, 0.15) is 5.54 Å². The van der Waals surface area contributed by atoms with Crippen molar-refractivity contribution in [3.05, 3.63) is 0 Å². The molecule has 1 rings (SSSR count). The van der Waals surface area contributed by atoms with E-state index < -0.39 is 5.54 Å². The van der Waals surface area contributed by atoms with Crippen LogP contribution in [0.5, 0.6) is 0 Å². The fourth-order valence-electron chi connectivity index (χ4n) is 2.92. The standard InChI is InChI=1S/C14H30N4O/c1-5-16-14(3,13(15)19)11-17(4)12-7-9-18(6-2)10-8-12/h12,16H,5-11H2,1-4H3,(H2,15,19). The monoisotopic (exact) mass is 270 g/mol. The average Bonchev–Trinajstić information content (AvgIpc) is 2.38. The molecule has 1 atom stereocenters. The molecule has 0 bridgehead atoms. The summed E-state index contributed by atoms with van der Waals surface area (Å²) in [5.41, 5.74) is 4.91. The number of piperidine rings is 1. The van der Waals surface area contributed by atoms with Crippen molar-refractivity contribution in [1.82, 2.24) is 15.1 Å². The normalized spacial score (nSPS) is 21.5. The van der Waals surface area contributed by atoms with Crippen LogP contribution < -0.4 is 11.1 Å². The van der Waals surface area contributed by atoms with Gasteiger partial charge in [-0.3, -0.25) is 4.79 Å². The van der Waals surface area contributed by atoms with Crippen LogP contribution >= 0.6 is 0 Å². The molecule has 3 N–H and O–H groups in total. The lowest BCUT2D eigenvalue weighted by Crippen LogP contribution is -2.60. The van der Waals surface area contributed by atoms with Crippen LogP contribution in [0.1, 0.15) is 33.6 Å². The predicted molar refractivity (Wildman–Crippen MR) is 79.0 cm³/mol. The van der Waals surface area contributed by atoms with E-state index in [0.29, 0.717) is 12.6 Å². The van der Waals surface area contributed by atoms with Gasteiger partial charge in [0.05, 0.1) is 0 Å². The van der Waals surface area contributed by atoms with E-state index in [1.807, 2.05) is 13.8 Å². The highest BCUT2D eigenvalue weighted by molar-refractivity contribution is 5.84. The van der Waals surface area contributed by atoms with Crippen LogP contribution in [0.15, 0.2) is 0 Å². The van der Waals surface area contributed by atoms with E-state index >= 15 is 0 Å². The number of nitrogens with two attached hydrogens (primary N) is 1. The van der Waals surface area contributed by atoms with Crippen LogP contribution in [0.25, 0.3) is 0 Å². The van der Waals surface area contributed by atoms with Gasteiger partial charge in [-0.25, -0.2) is 0 Å². The summed E-state index contributed by atoms with van der Waals surface area (Å²) in [4.78, 5) is 16.4. The van der Waals surface area contributed by atoms with Crippen LogP contribution in [-0.4, -0.2) is 67.1 Å². The Bertz CT molecular complexity index is 289. The van der Waals surface area contributed by atoms with Gasteiger partial charge < -0.3 is 20.9 Å². The predicted octanol–water partition coefficient (Wildman–Crippen LogP) is 0.256. The minimum absolute atomic E-state index is 0.271. The minimum Gasteiger partial charge on any atom is -0.368 e. The Kier molecular flexibility index (Phi) is 6.23. The Morgan fingerprint density at radius 1 is 1.42 bits per heavy atom. The quantitative estimate of drug-likeness (QED) is 0.696. The molecule has 5 heteroatoms. The largest absolute Gasteiger partial charge is 0.368 e. The number of likely N-dealkylation sites (tertiary alicyclic amines) is 1. The number of primary amides is 1. The molecule has 1 heterocycles. The van der Waals surface area contributed by atoms with Crippen LogP contribution in [0.3, 0.4) is 0 Å². The van der Waals surface area contributed by atoms with E-state index in [0.717, 1.165) is 26.2 Å². The number of hydrogen-bond acceptors (Lipinski definition) is 4. The Morgan fingerprint density at radius 3 is 2.42 bits per heavy atom. The van der Waals surface area contributed by atoms with Gasteiger partial charge in [0.25, 0.3) is 0 Å². The SMILES string of the molecule is CCNC(C)(CN(C)C1CCN(CC)CC1)C(N)=O. The second kappa shape index (κ2) is 7.22. The Hall–Kier alpha value is -0.650. The van der Waals surface area contributed by atoms with Crippen molar-refractivity contribution in [3.63, 3.8) is 0 Å². The fourth-order valence-corrected chi connectivity index (χ4v) is 2.92. The highest BCUT2D eigenvalue weighted by atomic mass is 16.1. The summed E-state index contributed by atoms with van der Waals surface area (Å²) in [5.74, 6) is -0.271. The van der Waals surface area contributed by atoms with Gasteiger partial charge in [-0.2, -0.15) is 0 Å². The lowest BCUT2D eigenvalue weighted by atomic mass is 9.97. The molecule has 5 nitrogen and oxygen atoms in total. The maximum Gasteiger partial charge on any atom is 0.238 e. The maximum absolute atomic E-state index is 11.7. The Labute approximate surface area is 117 Å². The van der Waals surface area contributed by atoms with E-state index in [2.05, 4.69) is 29.1 Å². The highest BCUT2D eigenvalue weighted by Gasteiger charge is 2.33. The van der Waals surface area contributed by atoms with E-state index in [-0.39, 0.29) is 5.91 Å². The number of likely N-dealkylation sites (N-methyl/N-ethyl adjacent to an activating group) is 2. The zero-order valence-electron chi connectivity index (χ0n) is 12.9. The fraction of sp³-hybridized carbons (Fsp3) is 0.929. The molecule has 0 spiro atoms. The van der Waals surface area contributed by atoms with Gasteiger partial charge in [-0.1, -0.05) is 13.8 Å². The van der Waals surface area contributed by atoms with Crippen molar-refractivity contribution in [1.29, 1.82) is 0 Å². The number of amides is 1. The molecule has 1 amide bonds. The van der Waals surface area contributed by atoms with E-state index in [4.69, 9.17) is 5.73 Å². The van der Waals surface area contributed by atoms with Gasteiger partial charge in [-0.05, 0) is 53.0 Å². The molecular weight excluding hydrogens is 240 g/mol. The van der Waals surface area contributed by atoms with Crippen molar-refractivity contribution < 1.29 is 4.79 Å². The number of nitrogens with zero attached hydrogens (tertiary/aromatic N) is 2. The van der Waals surface area contributed by atoms with E-state index in [1.54, 1.807) is 0 Å². The first kappa shape index (κ1) is 16.4. The van der Waals surface area contributed by atoms with E-state index in [9.17, 15) is 4.79 Å². The molecule has 19 heavy (non-hydrogen) atoms. The van der Waals surface area contributed by atoms with Crippen molar-refractivity contribution >= 4 is 5.91 Å². The third-order valence-electron chi connectivity index (χ3n) is 4.30. The average molecular weight is 270 g/mol. The molecule has 0 aromatic rings. The summed E-state index contributed by atoms with van der Waals surface area (Å²) in [6.07, 6.45) is 2.34. The molecule has 0 radical (unpaired) electrons. The lowest BCUT2D eigenvalue weighted by molar-refractivity contribution is -0.124. The van der Waals surface area contributed by atoms with Gasteiger partial charge in [-0.15, -0.1) is 0 Å². The molecule has 0 saturated carbocycles. The van der Waals surface area contributed by atoms with Gasteiger partial charge in [0.2, 0.25) is 5.91 Å². The van der Waals surface area contributed by atoms with Crippen LogP contribution in [0.4, 0.5) is 0 Å². The first-order valence-electron chi connectivity index (χ1n) is 7.40. The van der Waals surface area contributed by atoms with Crippen LogP contribution in [0, 0.1) is 0 Å². The molecule has 1 fully saturated rings. The minimum atomic E-state index is -0.634. The van der Waals surface area contributed by atoms with Crippen molar-refractivity contribution in [2.75, 3.05) is 39.8 Å². The molecule has 0 aliphatic carbocycles. The Balaban J connectivity index is 2.53. The first-order chi connectivity index (χ1) is 8.92. The number of rotatable bonds is 7. The molecule has 0 aromatic heterocycles. The molecule has 1 saturated heterocycles. The Morgan fingerprint density at radius 2 is 2.00 bits per heavy atom. The summed E-state index contributed by atoms with van der Waals surface area (Å²) in [6.45, 7) is 11.0. The topological polar surface area (TPSA) is 61.6 Å². The molecule has 1 unspecified atom stereocenters.